The molecule has 0 aliphatic carbocycles. The number of aliphatic hydroxyl groups excluding tert-OH is 7. The number of rotatable bonds is 14. The van der Waals surface area contributed by atoms with Crippen molar-refractivity contribution in [3.05, 3.63) is 0 Å². The molecule has 0 saturated carbocycles. The number of carboxylic acids is 1. The summed E-state index contributed by atoms with van der Waals surface area (Å²) in [6.07, 6.45) is -4.77. The average Bonchev–Trinajstić information content (AvgIpc) is 2.66. The number of ether oxygens (including phenoxy) is 2. The first kappa shape index (κ1) is 24.6. The molecule has 0 aliphatic heterocycles. The highest BCUT2D eigenvalue weighted by Crippen LogP contribution is 2.21. The molecule has 0 fully saturated rings. The van der Waals surface area contributed by atoms with Crippen molar-refractivity contribution in [3.63, 3.8) is 0 Å². The summed E-state index contributed by atoms with van der Waals surface area (Å²) in [6.45, 7) is -4.72. The molecular weight excluding hydrogens is 360 g/mol. The SMILES string of the molecule is O=C(O)C(O)C(O)C(=O)OCC(CO)(CO)COCC(CO)(CO)CO. The first-order chi connectivity index (χ1) is 12.2. The van der Waals surface area contributed by atoms with E-state index in [1.54, 1.807) is 0 Å². The minimum absolute atomic E-state index is 0.341. The van der Waals surface area contributed by atoms with Gasteiger partial charge in [-0.25, -0.2) is 9.59 Å². The fourth-order valence-electron chi connectivity index (χ4n) is 1.62. The van der Waals surface area contributed by atoms with Gasteiger partial charge in [0, 0.05) is 0 Å². The van der Waals surface area contributed by atoms with E-state index in [2.05, 4.69) is 4.74 Å². The maximum Gasteiger partial charge on any atom is 0.338 e. The molecule has 2 unspecified atom stereocenters. The van der Waals surface area contributed by atoms with Gasteiger partial charge in [-0.3, -0.25) is 0 Å². The summed E-state index contributed by atoms with van der Waals surface area (Å²) in [5.74, 6) is -3.33. The lowest BCUT2D eigenvalue weighted by Gasteiger charge is -2.32. The van der Waals surface area contributed by atoms with Gasteiger partial charge in [-0.15, -0.1) is 0 Å². The van der Waals surface area contributed by atoms with Crippen LogP contribution in [0.1, 0.15) is 0 Å². The summed E-state index contributed by atoms with van der Waals surface area (Å²) in [7, 11) is 0. The Morgan fingerprint density at radius 1 is 0.731 bits per heavy atom. The number of carboxylic acid groups (broad SMARTS) is 1. The predicted molar refractivity (Wildman–Crippen MR) is 81.7 cm³/mol. The van der Waals surface area contributed by atoms with E-state index in [-0.39, 0.29) is 6.61 Å². The van der Waals surface area contributed by atoms with Gasteiger partial charge >= 0.3 is 11.9 Å². The van der Waals surface area contributed by atoms with Crippen LogP contribution < -0.4 is 0 Å². The molecule has 12 nitrogen and oxygen atoms in total. The van der Waals surface area contributed by atoms with Gasteiger partial charge in [0.15, 0.2) is 12.2 Å². The summed E-state index contributed by atoms with van der Waals surface area (Å²) in [5.41, 5.74) is -2.90. The van der Waals surface area contributed by atoms with E-state index in [9.17, 15) is 40.2 Å². The number of carbonyl (C=O) groups is 2. The van der Waals surface area contributed by atoms with Gasteiger partial charge in [-0.1, -0.05) is 0 Å². The Bertz CT molecular complexity index is 423. The number of hydrogen-bond donors (Lipinski definition) is 8. The number of aliphatic carboxylic acids is 1. The number of carbonyl (C=O) groups excluding carboxylic acids is 1. The fraction of sp³-hybridized carbons (Fsp3) is 0.857. The summed E-state index contributed by atoms with van der Waals surface area (Å²) in [4.78, 5) is 22.0. The molecule has 12 heteroatoms. The van der Waals surface area contributed by atoms with Gasteiger partial charge in [0.2, 0.25) is 0 Å². The van der Waals surface area contributed by atoms with Crippen LogP contribution in [0.15, 0.2) is 0 Å². The number of hydrogen-bond acceptors (Lipinski definition) is 11. The maximum atomic E-state index is 11.5. The van der Waals surface area contributed by atoms with E-state index in [4.69, 9.17) is 14.9 Å². The van der Waals surface area contributed by atoms with E-state index in [0.717, 1.165) is 0 Å². The molecule has 0 heterocycles. The number of aliphatic hydroxyl groups is 7. The molecule has 0 rings (SSSR count). The van der Waals surface area contributed by atoms with E-state index < -0.39 is 81.2 Å². The molecule has 0 saturated heterocycles. The standard InChI is InChI=1S/C14H26O12/c15-1-13(2-16,3-17)6-25-7-14(4-18,5-19)8-26-12(24)10(21)9(20)11(22)23/h9-10,15-21H,1-8H2,(H,22,23). The summed E-state index contributed by atoms with van der Waals surface area (Å²) >= 11 is 0. The predicted octanol–water partition coefficient (Wildman–Crippen LogP) is -4.71. The molecule has 154 valence electrons. The van der Waals surface area contributed by atoms with Gasteiger partial charge in [-0.2, -0.15) is 0 Å². The first-order valence-corrected chi connectivity index (χ1v) is 7.54. The Hall–Kier alpha value is -1.38. The molecule has 0 radical (unpaired) electrons. The van der Waals surface area contributed by atoms with Crippen molar-refractivity contribution in [2.45, 2.75) is 12.2 Å². The van der Waals surface area contributed by atoms with E-state index in [1.165, 1.54) is 0 Å². The Morgan fingerprint density at radius 2 is 1.15 bits per heavy atom. The molecule has 8 N–H and O–H groups in total. The van der Waals surface area contributed by atoms with Gasteiger partial charge < -0.3 is 50.3 Å². The van der Waals surface area contributed by atoms with E-state index >= 15 is 0 Å². The van der Waals surface area contributed by atoms with Crippen LogP contribution in [-0.2, 0) is 19.1 Å². The molecule has 2 atom stereocenters. The molecule has 0 aromatic heterocycles. The van der Waals surface area contributed by atoms with E-state index in [1.807, 2.05) is 0 Å². The van der Waals surface area contributed by atoms with E-state index in [0.29, 0.717) is 0 Å². The average molecular weight is 386 g/mol. The zero-order valence-electron chi connectivity index (χ0n) is 14.0. The van der Waals surface area contributed by atoms with Crippen LogP contribution in [0.2, 0.25) is 0 Å². The van der Waals surface area contributed by atoms with Crippen LogP contribution in [0.25, 0.3) is 0 Å². The van der Waals surface area contributed by atoms with Crippen LogP contribution in [-0.4, -0.2) is 118 Å². The second kappa shape index (κ2) is 11.4. The minimum Gasteiger partial charge on any atom is -0.479 e. The Labute approximate surface area is 148 Å². The summed E-state index contributed by atoms with van der Waals surface area (Å²) < 4.78 is 9.82. The van der Waals surface area contributed by atoms with Crippen LogP contribution in [0.5, 0.6) is 0 Å². The second-order valence-corrected chi connectivity index (χ2v) is 6.12. The van der Waals surface area contributed by atoms with Crippen molar-refractivity contribution >= 4 is 11.9 Å². The topological polar surface area (TPSA) is 214 Å². The first-order valence-electron chi connectivity index (χ1n) is 7.54. The van der Waals surface area contributed by atoms with Crippen molar-refractivity contribution < 1.29 is 59.9 Å². The Balaban J connectivity index is 4.79. The van der Waals surface area contributed by atoms with Crippen LogP contribution in [0, 0.1) is 10.8 Å². The molecule has 0 aliphatic rings. The molecule has 26 heavy (non-hydrogen) atoms. The highest BCUT2D eigenvalue weighted by atomic mass is 16.6. The largest absolute Gasteiger partial charge is 0.479 e. The van der Waals surface area contributed by atoms with Gasteiger partial charge in [0.1, 0.15) is 6.61 Å². The smallest absolute Gasteiger partial charge is 0.338 e. The fourth-order valence-corrected chi connectivity index (χ4v) is 1.62. The van der Waals surface area contributed by atoms with Crippen LogP contribution >= 0.6 is 0 Å². The summed E-state index contributed by atoms with van der Waals surface area (Å²) in [5, 5.41) is 73.4. The normalized spacial score (nSPS) is 14.7. The van der Waals surface area contributed by atoms with Gasteiger partial charge in [0.05, 0.1) is 57.1 Å². The van der Waals surface area contributed by atoms with Crippen molar-refractivity contribution in [2.75, 3.05) is 52.9 Å². The Kier molecular flexibility index (Phi) is 10.8. The molecule has 0 amide bonds. The quantitative estimate of drug-likeness (QED) is 0.132. The van der Waals surface area contributed by atoms with Gasteiger partial charge in [-0.05, 0) is 0 Å². The molecule has 0 spiro atoms. The zero-order valence-corrected chi connectivity index (χ0v) is 14.0. The van der Waals surface area contributed by atoms with Crippen molar-refractivity contribution in [2.24, 2.45) is 10.8 Å². The highest BCUT2D eigenvalue weighted by molar-refractivity contribution is 5.84. The van der Waals surface area contributed by atoms with Crippen LogP contribution in [0.3, 0.4) is 0 Å². The number of esters is 1. The van der Waals surface area contributed by atoms with Crippen molar-refractivity contribution in [3.8, 4) is 0 Å². The monoisotopic (exact) mass is 386 g/mol. The minimum atomic E-state index is -2.41. The molecule has 0 bridgehead atoms. The summed E-state index contributed by atoms with van der Waals surface area (Å²) in [6, 6.07) is 0. The Morgan fingerprint density at radius 3 is 1.54 bits per heavy atom. The van der Waals surface area contributed by atoms with Crippen molar-refractivity contribution in [1.29, 1.82) is 0 Å². The lowest BCUT2D eigenvalue weighted by molar-refractivity contribution is -0.176. The van der Waals surface area contributed by atoms with Crippen LogP contribution in [0.4, 0.5) is 0 Å². The third-order valence-corrected chi connectivity index (χ3v) is 3.81. The lowest BCUT2D eigenvalue weighted by atomic mass is 9.90. The maximum absolute atomic E-state index is 11.5. The molecule has 0 aromatic carbocycles. The van der Waals surface area contributed by atoms with Gasteiger partial charge in [0.25, 0.3) is 0 Å². The third kappa shape index (κ3) is 6.74. The second-order valence-electron chi connectivity index (χ2n) is 6.12. The zero-order chi connectivity index (χ0) is 20.4. The highest BCUT2D eigenvalue weighted by Gasteiger charge is 2.37. The molecular formula is C14H26O12. The lowest BCUT2D eigenvalue weighted by Crippen LogP contribution is -2.46. The van der Waals surface area contributed by atoms with Crippen molar-refractivity contribution in [1.82, 2.24) is 0 Å². The third-order valence-electron chi connectivity index (χ3n) is 3.81. The molecule has 0 aromatic rings.